The summed E-state index contributed by atoms with van der Waals surface area (Å²) in [5.41, 5.74) is -0.240. The van der Waals surface area contributed by atoms with Crippen LogP contribution in [0, 0.1) is 5.92 Å². The predicted octanol–water partition coefficient (Wildman–Crippen LogP) is 1.94. The van der Waals surface area contributed by atoms with E-state index in [0.29, 0.717) is 0 Å². The van der Waals surface area contributed by atoms with E-state index in [1.54, 1.807) is 0 Å². The molecule has 0 aliphatic carbocycles. The van der Waals surface area contributed by atoms with Gasteiger partial charge in [-0.05, 0) is 24.1 Å². The molecule has 1 aromatic carbocycles. The highest BCUT2D eigenvalue weighted by molar-refractivity contribution is 7.90. The van der Waals surface area contributed by atoms with Crippen molar-refractivity contribution in [2.24, 2.45) is 5.92 Å². The quantitative estimate of drug-likeness (QED) is 0.748. The summed E-state index contributed by atoms with van der Waals surface area (Å²) in [5, 5.41) is 9.22. The Bertz CT molecular complexity index is 572. The average molecular weight is 307 g/mol. The van der Waals surface area contributed by atoms with Crippen LogP contribution in [0.3, 0.4) is 0 Å². The number of halogens is 1. The molecule has 106 valence electrons. The molecule has 0 fully saturated rings. The van der Waals surface area contributed by atoms with Crippen LogP contribution in [0.15, 0.2) is 18.2 Å². The number of rotatable bonds is 6. The predicted molar refractivity (Wildman–Crippen MR) is 73.8 cm³/mol. The van der Waals surface area contributed by atoms with Gasteiger partial charge in [-0.25, -0.2) is 4.79 Å². The standard InChI is InChI=1S/C11H15ClN2O4S/c1-7(2)6-13-19(17,18)14-10-5-8(12)3-4-9(10)11(15)16/h3-5,7,13-14H,6H2,1-2H3,(H,15,16). The molecule has 0 heterocycles. The van der Waals surface area contributed by atoms with Crippen molar-refractivity contribution in [2.45, 2.75) is 13.8 Å². The van der Waals surface area contributed by atoms with Crippen LogP contribution in [-0.2, 0) is 10.2 Å². The number of hydrogen-bond acceptors (Lipinski definition) is 3. The van der Waals surface area contributed by atoms with E-state index in [4.69, 9.17) is 16.7 Å². The molecule has 0 atom stereocenters. The number of anilines is 1. The number of carbonyl (C=O) groups is 1. The minimum Gasteiger partial charge on any atom is -0.478 e. The molecule has 6 nitrogen and oxygen atoms in total. The maximum Gasteiger partial charge on any atom is 0.337 e. The van der Waals surface area contributed by atoms with Crippen molar-refractivity contribution in [3.8, 4) is 0 Å². The van der Waals surface area contributed by atoms with E-state index in [0.717, 1.165) is 0 Å². The third-order valence-electron chi connectivity index (χ3n) is 2.14. The molecular formula is C11H15ClN2O4S. The summed E-state index contributed by atoms with van der Waals surface area (Å²) < 4.78 is 27.9. The van der Waals surface area contributed by atoms with Crippen LogP contribution in [0.4, 0.5) is 5.69 Å². The summed E-state index contributed by atoms with van der Waals surface area (Å²) in [6.07, 6.45) is 0. The second-order valence-corrected chi connectivity index (χ2v) is 6.28. The maximum atomic E-state index is 11.7. The van der Waals surface area contributed by atoms with Crippen molar-refractivity contribution in [3.63, 3.8) is 0 Å². The van der Waals surface area contributed by atoms with Crippen LogP contribution in [0.1, 0.15) is 24.2 Å². The second kappa shape index (κ2) is 6.23. The number of benzene rings is 1. The van der Waals surface area contributed by atoms with Gasteiger partial charge in [-0.2, -0.15) is 13.1 Å². The molecule has 3 N–H and O–H groups in total. The molecule has 0 aromatic heterocycles. The van der Waals surface area contributed by atoms with E-state index >= 15 is 0 Å². The lowest BCUT2D eigenvalue weighted by atomic mass is 10.2. The molecule has 0 aliphatic rings. The second-order valence-electron chi connectivity index (χ2n) is 4.34. The van der Waals surface area contributed by atoms with E-state index in [2.05, 4.69) is 9.44 Å². The number of nitrogens with one attached hydrogen (secondary N) is 2. The average Bonchev–Trinajstić information content (AvgIpc) is 2.25. The van der Waals surface area contributed by atoms with Gasteiger partial charge in [-0.1, -0.05) is 25.4 Å². The molecular weight excluding hydrogens is 292 g/mol. The van der Waals surface area contributed by atoms with Gasteiger partial charge in [-0.3, -0.25) is 4.72 Å². The van der Waals surface area contributed by atoms with Gasteiger partial charge in [0.05, 0.1) is 11.3 Å². The van der Waals surface area contributed by atoms with Gasteiger partial charge in [0, 0.05) is 11.6 Å². The van der Waals surface area contributed by atoms with Gasteiger partial charge in [0.25, 0.3) is 10.2 Å². The van der Waals surface area contributed by atoms with E-state index in [-0.39, 0.29) is 28.7 Å². The molecule has 0 bridgehead atoms. The maximum absolute atomic E-state index is 11.7. The SMILES string of the molecule is CC(C)CNS(=O)(=O)Nc1cc(Cl)ccc1C(=O)O. The summed E-state index contributed by atoms with van der Waals surface area (Å²) in [6, 6.07) is 3.87. The highest BCUT2D eigenvalue weighted by Gasteiger charge is 2.16. The molecule has 1 rings (SSSR count). The Hall–Kier alpha value is -1.31. The number of hydrogen-bond donors (Lipinski definition) is 3. The van der Waals surface area contributed by atoms with Crippen LogP contribution in [0.2, 0.25) is 5.02 Å². The summed E-state index contributed by atoms with van der Waals surface area (Å²) in [7, 11) is -3.82. The van der Waals surface area contributed by atoms with Gasteiger partial charge < -0.3 is 5.11 Å². The van der Waals surface area contributed by atoms with Crippen LogP contribution >= 0.6 is 11.6 Å². The van der Waals surface area contributed by atoms with Gasteiger partial charge in [0.2, 0.25) is 0 Å². The molecule has 0 saturated carbocycles. The Morgan fingerprint density at radius 1 is 1.42 bits per heavy atom. The van der Waals surface area contributed by atoms with Crippen LogP contribution < -0.4 is 9.44 Å². The van der Waals surface area contributed by atoms with Gasteiger partial charge in [-0.15, -0.1) is 0 Å². The molecule has 19 heavy (non-hydrogen) atoms. The summed E-state index contributed by atoms with van der Waals surface area (Å²) in [6.45, 7) is 3.95. The first-order chi connectivity index (χ1) is 8.71. The lowest BCUT2D eigenvalue weighted by Gasteiger charge is -2.12. The third-order valence-corrected chi connectivity index (χ3v) is 3.41. The van der Waals surface area contributed by atoms with Gasteiger partial charge in [0.1, 0.15) is 0 Å². The molecule has 8 heteroatoms. The monoisotopic (exact) mass is 306 g/mol. The van der Waals surface area contributed by atoms with Gasteiger partial charge in [0.15, 0.2) is 0 Å². The third kappa shape index (κ3) is 5.06. The van der Waals surface area contributed by atoms with Gasteiger partial charge >= 0.3 is 5.97 Å². The normalized spacial score (nSPS) is 11.6. The molecule has 0 saturated heterocycles. The van der Waals surface area contributed by atoms with Crippen LogP contribution in [0.5, 0.6) is 0 Å². The first kappa shape index (κ1) is 15.7. The fraction of sp³-hybridized carbons (Fsp3) is 0.364. The largest absolute Gasteiger partial charge is 0.478 e. The summed E-state index contributed by atoms with van der Waals surface area (Å²) in [5.74, 6) is -1.10. The molecule has 0 radical (unpaired) electrons. The molecule has 0 aliphatic heterocycles. The van der Waals surface area contributed by atoms with E-state index < -0.39 is 16.2 Å². The zero-order valence-electron chi connectivity index (χ0n) is 10.5. The van der Waals surface area contributed by atoms with Crippen molar-refractivity contribution >= 4 is 33.5 Å². The zero-order valence-corrected chi connectivity index (χ0v) is 12.0. The lowest BCUT2D eigenvalue weighted by Crippen LogP contribution is -2.33. The Labute approximate surface area is 117 Å². The molecule has 0 amide bonds. The fourth-order valence-electron chi connectivity index (χ4n) is 1.24. The molecule has 1 aromatic rings. The molecule has 0 spiro atoms. The summed E-state index contributed by atoms with van der Waals surface area (Å²) >= 11 is 5.73. The van der Waals surface area contributed by atoms with Crippen molar-refractivity contribution in [1.29, 1.82) is 0 Å². The Morgan fingerprint density at radius 2 is 2.05 bits per heavy atom. The lowest BCUT2D eigenvalue weighted by molar-refractivity contribution is 0.0698. The molecule has 0 unspecified atom stereocenters. The first-order valence-corrected chi connectivity index (χ1v) is 7.37. The number of carboxylic acid groups (broad SMARTS) is 1. The van der Waals surface area contributed by atoms with Crippen molar-refractivity contribution in [3.05, 3.63) is 28.8 Å². The minimum absolute atomic E-state index is 0.0729. The Morgan fingerprint density at radius 3 is 2.58 bits per heavy atom. The first-order valence-electron chi connectivity index (χ1n) is 5.51. The van der Waals surface area contributed by atoms with Crippen molar-refractivity contribution in [1.82, 2.24) is 4.72 Å². The Balaban J connectivity index is 2.98. The topological polar surface area (TPSA) is 95.5 Å². The van der Waals surface area contributed by atoms with E-state index in [1.165, 1.54) is 18.2 Å². The highest BCUT2D eigenvalue weighted by Crippen LogP contribution is 2.21. The van der Waals surface area contributed by atoms with E-state index in [9.17, 15) is 13.2 Å². The zero-order chi connectivity index (χ0) is 14.6. The smallest absolute Gasteiger partial charge is 0.337 e. The van der Waals surface area contributed by atoms with Crippen molar-refractivity contribution < 1.29 is 18.3 Å². The number of carboxylic acids is 1. The Kier molecular flexibility index (Phi) is 5.16. The number of aromatic carboxylic acids is 1. The van der Waals surface area contributed by atoms with Crippen LogP contribution in [-0.4, -0.2) is 26.0 Å². The van der Waals surface area contributed by atoms with E-state index in [1.807, 2.05) is 13.8 Å². The highest BCUT2D eigenvalue weighted by atomic mass is 35.5. The minimum atomic E-state index is -3.82. The van der Waals surface area contributed by atoms with Crippen molar-refractivity contribution in [2.75, 3.05) is 11.3 Å². The fourth-order valence-corrected chi connectivity index (χ4v) is 2.50. The van der Waals surface area contributed by atoms with Crippen LogP contribution in [0.25, 0.3) is 0 Å². The summed E-state index contributed by atoms with van der Waals surface area (Å²) in [4.78, 5) is 11.0.